The quantitative estimate of drug-likeness (QED) is 0.710. The molecule has 3 nitrogen and oxygen atoms in total. The molecule has 3 aliphatic carbocycles. The molecule has 3 saturated carbocycles. The van der Waals surface area contributed by atoms with Crippen molar-refractivity contribution in [2.45, 2.75) is 62.0 Å². The summed E-state index contributed by atoms with van der Waals surface area (Å²) in [5.74, 6) is -9.77. The first kappa shape index (κ1) is 17.0. The number of ether oxygens (including phenoxy) is 1. The van der Waals surface area contributed by atoms with Gasteiger partial charge in [0.05, 0.1) is 6.61 Å². The van der Waals surface area contributed by atoms with Gasteiger partial charge >= 0.3 is 17.9 Å². The lowest BCUT2D eigenvalue weighted by molar-refractivity contribution is -0.412. The average Bonchev–Trinajstić information content (AvgIpc) is 3.14. The molecule has 24 heavy (non-hydrogen) atoms. The van der Waals surface area contributed by atoms with E-state index in [0.717, 1.165) is 25.7 Å². The molecule has 0 radical (unpaired) electrons. The van der Waals surface area contributed by atoms with E-state index in [1.54, 1.807) is 0 Å². The second-order valence-electron chi connectivity index (χ2n) is 8.04. The maximum atomic E-state index is 14.6. The van der Waals surface area contributed by atoms with Gasteiger partial charge in [0.1, 0.15) is 0 Å². The number of hydrogen-bond donors (Lipinski definition) is 2. The Kier molecular flexibility index (Phi) is 3.41. The third-order valence-corrected chi connectivity index (χ3v) is 7.15. The van der Waals surface area contributed by atoms with Crippen LogP contribution in [0.4, 0.5) is 22.0 Å². The van der Waals surface area contributed by atoms with Crippen molar-refractivity contribution < 1.29 is 36.9 Å². The predicted octanol–water partition coefficient (Wildman–Crippen LogP) is 3.10. The van der Waals surface area contributed by atoms with E-state index in [2.05, 4.69) is 4.74 Å². The Morgan fingerprint density at radius 3 is 2.12 bits per heavy atom. The zero-order chi connectivity index (χ0) is 17.5. The third kappa shape index (κ3) is 1.82. The Balaban J connectivity index is 1.65. The first-order chi connectivity index (χ1) is 11.0. The van der Waals surface area contributed by atoms with Crippen LogP contribution in [0, 0.1) is 29.6 Å². The zero-order valence-corrected chi connectivity index (χ0v) is 13.0. The van der Waals surface area contributed by atoms with Crippen LogP contribution in [0.3, 0.4) is 0 Å². The molecule has 4 rings (SSSR count). The van der Waals surface area contributed by atoms with Gasteiger partial charge in [0.15, 0.2) is 5.60 Å². The van der Waals surface area contributed by atoms with Crippen molar-refractivity contribution in [2.75, 3.05) is 6.61 Å². The molecule has 4 aliphatic rings. The van der Waals surface area contributed by atoms with Crippen molar-refractivity contribution in [1.82, 2.24) is 0 Å². The molecule has 8 heteroatoms. The third-order valence-electron chi connectivity index (χ3n) is 7.15. The van der Waals surface area contributed by atoms with Crippen LogP contribution >= 0.6 is 0 Å². The molecule has 2 N–H and O–H groups in total. The normalized spacial score (nSPS) is 53.4. The fourth-order valence-electron chi connectivity index (χ4n) is 6.08. The van der Waals surface area contributed by atoms with Gasteiger partial charge in [-0.15, -0.1) is 0 Å². The maximum absolute atomic E-state index is 14.6. The van der Waals surface area contributed by atoms with Crippen molar-refractivity contribution in [2.24, 2.45) is 29.6 Å². The van der Waals surface area contributed by atoms with E-state index in [9.17, 15) is 32.2 Å². The van der Waals surface area contributed by atoms with Crippen LogP contribution in [-0.4, -0.2) is 40.3 Å². The van der Waals surface area contributed by atoms with Crippen LogP contribution in [0.5, 0.6) is 0 Å². The average molecular weight is 356 g/mol. The van der Waals surface area contributed by atoms with E-state index in [4.69, 9.17) is 0 Å². The molecule has 1 saturated heterocycles. The van der Waals surface area contributed by atoms with Crippen LogP contribution in [0.15, 0.2) is 0 Å². The van der Waals surface area contributed by atoms with Crippen LogP contribution in [0.1, 0.15) is 38.5 Å². The molecule has 1 aliphatic heterocycles. The smallest absolute Gasteiger partial charge is 0.381 e. The van der Waals surface area contributed by atoms with Crippen molar-refractivity contribution in [3.63, 3.8) is 0 Å². The van der Waals surface area contributed by atoms with Gasteiger partial charge in [-0.05, 0) is 55.3 Å². The summed E-state index contributed by atoms with van der Waals surface area (Å²) in [6.45, 7) is -1.19. The number of rotatable bonds is 1. The molecule has 0 aromatic heterocycles. The zero-order valence-electron chi connectivity index (χ0n) is 13.0. The minimum absolute atomic E-state index is 0.185. The number of hydrogen-bond acceptors (Lipinski definition) is 3. The lowest BCUT2D eigenvalue weighted by atomic mass is 9.62. The van der Waals surface area contributed by atoms with Crippen molar-refractivity contribution in [1.29, 1.82) is 0 Å². The summed E-state index contributed by atoms with van der Waals surface area (Å²) in [4.78, 5) is 0. The van der Waals surface area contributed by atoms with Crippen LogP contribution in [-0.2, 0) is 4.74 Å². The Morgan fingerprint density at radius 2 is 1.54 bits per heavy atom. The number of alkyl halides is 5. The summed E-state index contributed by atoms with van der Waals surface area (Å²) in [7, 11) is 0. The fourth-order valence-corrected chi connectivity index (χ4v) is 6.08. The minimum atomic E-state index is -5.67. The highest BCUT2D eigenvalue weighted by molar-refractivity contribution is 5.17. The number of fused-ring (bicyclic) bond motifs is 5. The first-order valence-electron chi connectivity index (χ1n) is 8.56. The maximum Gasteiger partial charge on any atom is 0.449 e. The molecule has 0 aromatic carbocycles. The van der Waals surface area contributed by atoms with E-state index in [0.29, 0.717) is 12.3 Å². The highest BCUT2D eigenvalue weighted by atomic mass is 19.4. The van der Waals surface area contributed by atoms with E-state index >= 15 is 0 Å². The summed E-state index contributed by atoms with van der Waals surface area (Å²) < 4.78 is 72.2. The molecule has 1 heterocycles. The first-order valence-corrected chi connectivity index (χ1v) is 8.56. The minimum Gasteiger partial charge on any atom is -0.381 e. The second-order valence-corrected chi connectivity index (χ2v) is 8.04. The summed E-state index contributed by atoms with van der Waals surface area (Å²) in [5.41, 5.74) is -2.97. The summed E-state index contributed by atoms with van der Waals surface area (Å²) in [6.07, 6.45) is -0.684. The molecular formula is C16H21F5O3. The standard InChI is InChI=1S/C16H21F5O3/c17-14(18)13(22,7-24-15(14,23)16(19,20)21)12-6-8-5-11(12)10-4-2-1-3-9(8)10/h8-12,22-23H,1-7H2. The highest BCUT2D eigenvalue weighted by Gasteiger charge is 2.84. The fraction of sp³-hybridized carbons (Fsp3) is 1.00. The van der Waals surface area contributed by atoms with Crippen molar-refractivity contribution in [3.05, 3.63) is 0 Å². The van der Waals surface area contributed by atoms with Gasteiger partial charge < -0.3 is 14.9 Å². The molecule has 0 aromatic rings. The Hall–Kier alpha value is -0.470. The molecule has 138 valence electrons. The van der Waals surface area contributed by atoms with Crippen LogP contribution in [0.2, 0.25) is 0 Å². The second kappa shape index (κ2) is 4.82. The molecular weight excluding hydrogens is 335 g/mol. The van der Waals surface area contributed by atoms with E-state index < -0.39 is 36.0 Å². The van der Waals surface area contributed by atoms with E-state index in [-0.39, 0.29) is 24.2 Å². The van der Waals surface area contributed by atoms with Gasteiger partial charge in [-0.3, -0.25) is 0 Å². The summed E-state index contributed by atoms with van der Waals surface area (Å²) in [5, 5.41) is 20.1. The summed E-state index contributed by atoms with van der Waals surface area (Å²) in [6, 6.07) is 0. The van der Waals surface area contributed by atoms with Crippen molar-refractivity contribution in [3.8, 4) is 0 Å². The molecule has 0 spiro atoms. The van der Waals surface area contributed by atoms with E-state index in [1.165, 1.54) is 0 Å². The molecule has 0 amide bonds. The molecule has 2 bridgehead atoms. The Morgan fingerprint density at radius 1 is 0.917 bits per heavy atom. The Bertz CT molecular complexity index is 538. The molecule has 7 unspecified atom stereocenters. The molecule has 7 atom stereocenters. The van der Waals surface area contributed by atoms with Crippen molar-refractivity contribution >= 4 is 0 Å². The van der Waals surface area contributed by atoms with Gasteiger partial charge in [0.25, 0.3) is 0 Å². The van der Waals surface area contributed by atoms with Crippen LogP contribution in [0.25, 0.3) is 0 Å². The monoisotopic (exact) mass is 356 g/mol. The van der Waals surface area contributed by atoms with Gasteiger partial charge in [-0.1, -0.05) is 12.8 Å². The number of aliphatic hydroxyl groups is 2. The molecule has 4 fully saturated rings. The number of halogens is 5. The lowest BCUT2D eigenvalue weighted by Gasteiger charge is -2.46. The predicted molar refractivity (Wildman–Crippen MR) is 72.0 cm³/mol. The van der Waals surface area contributed by atoms with Gasteiger partial charge in [0, 0.05) is 0 Å². The largest absolute Gasteiger partial charge is 0.449 e. The Labute approximate surface area is 136 Å². The van der Waals surface area contributed by atoms with E-state index in [1.807, 2.05) is 0 Å². The highest BCUT2D eigenvalue weighted by Crippen LogP contribution is 2.66. The topological polar surface area (TPSA) is 49.7 Å². The SMILES string of the molecule is OC1(C2CC3CC2C2CCCCC32)COC(O)(C(F)(F)F)C1(F)F. The van der Waals surface area contributed by atoms with Gasteiger partial charge in [-0.2, -0.15) is 22.0 Å². The van der Waals surface area contributed by atoms with Gasteiger partial charge in [0.2, 0.25) is 0 Å². The lowest BCUT2D eigenvalue weighted by Crippen LogP contribution is -2.66. The van der Waals surface area contributed by atoms with Crippen LogP contribution < -0.4 is 0 Å². The van der Waals surface area contributed by atoms with Gasteiger partial charge in [-0.25, -0.2) is 0 Å². The summed E-state index contributed by atoms with van der Waals surface area (Å²) >= 11 is 0.